The Kier molecular flexibility index (Phi) is 3.33. The van der Waals surface area contributed by atoms with Gasteiger partial charge in [-0.25, -0.2) is 0 Å². The number of H-pyrrole nitrogens is 1. The molecule has 0 spiro atoms. The first-order valence-corrected chi connectivity index (χ1v) is 5.37. The van der Waals surface area contributed by atoms with Gasteiger partial charge in [-0.15, -0.1) is 10.2 Å². The summed E-state index contributed by atoms with van der Waals surface area (Å²) in [6, 6.07) is 5.20. The third-order valence-electron chi connectivity index (χ3n) is 1.91. The standard InChI is InChI=1S/C9H8BrN5O2/c1-17-7-3-5(10)2-6(4-7)11-9(16)8-12-14-15-13-8/h2-4H,1H3,(H,11,16)(H,12,13,14,15). The van der Waals surface area contributed by atoms with Crippen molar-refractivity contribution in [3.8, 4) is 5.75 Å². The number of hydrogen-bond donors (Lipinski definition) is 2. The number of nitrogens with one attached hydrogen (secondary N) is 2. The molecule has 0 aliphatic rings. The van der Waals surface area contributed by atoms with E-state index in [1.165, 1.54) is 0 Å². The van der Waals surface area contributed by atoms with Gasteiger partial charge in [0.05, 0.1) is 7.11 Å². The molecule has 2 N–H and O–H groups in total. The average Bonchev–Trinajstić information content (AvgIpc) is 2.81. The fourth-order valence-electron chi connectivity index (χ4n) is 1.20. The van der Waals surface area contributed by atoms with E-state index in [1.54, 1.807) is 25.3 Å². The Bertz CT molecular complexity index is 528. The minimum Gasteiger partial charge on any atom is -0.497 e. The van der Waals surface area contributed by atoms with Crippen LogP contribution in [0.1, 0.15) is 10.6 Å². The van der Waals surface area contributed by atoms with Crippen molar-refractivity contribution in [2.45, 2.75) is 0 Å². The Hall–Kier alpha value is -1.96. The fourth-order valence-corrected chi connectivity index (χ4v) is 1.67. The minimum absolute atomic E-state index is 0.0241. The highest BCUT2D eigenvalue weighted by Gasteiger charge is 2.11. The van der Waals surface area contributed by atoms with E-state index in [-0.39, 0.29) is 5.82 Å². The zero-order chi connectivity index (χ0) is 12.3. The Morgan fingerprint density at radius 1 is 1.47 bits per heavy atom. The van der Waals surface area contributed by atoms with E-state index in [1.807, 2.05) is 0 Å². The van der Waals surface area contributed by atoms with E-state index in [0.717, 1.165) is 4.47 Å². The van der Waals surface area contributed by atoms with Crippen molar-refractivity contribution in [3.05, 3.63) is 28.5 Å². The smallest absolute Gasteiger partial charge is 0.297 e. The first kappa shape index (κ1) is 11.5. The van der Waals surface area contributed by atoms with Crippen molar-refractivity contribution in [2.24, 2.45) is 0 Å². The van der Waals surface area contributed by atoms with Gasteiger partial charge in [0.1, 0.15) is 5.75 Å². The van der Waals surface area contributed by atoms with Gasteiger partial charge in [0, 0.05) is 16.2 Å². The lowest BCUT2D eigenvalue weighted by atomic mass is 10.3. The molecule has 0 aliphatic carbocycles. The maximum Gasteiger partial charge on any atom is 0.297 e. The second kappa shape index (κ2) is 4.91. The number of halogens is 1. The fraction of sp³-hybridized carbons (Fsp3) is 0.111. The highest BCUT2D eigenvalue weighted by atomic mass is 79.9. The predicted octanol–water partition coefficient (Wildman–Crippen LogP) is 1.22. The van der Waals surface area contributed by atoms with Gasteiger partial charge in [0.25, 0.3) is 11.7 Å². The molecular weight excluding hydrogens is 290 g/mol. The van der Waals surface area contributed by atoms with Crippen LogP contribution in [0.15, 0.2) is 22.7 Å². The molecule has 1 heterocycles. The minimum atomic E-state index is -0.445. The molecule has 2 rings (SSSR count). The molecule has 88 valence electrons. The van der Waals surface area contributed by atoms with Gasteiger partial charge in [-0.3, -0.25) is 4.79 Å². The van der Waals surface area contributed by atoms with Crippen LogP contribution in [0, 0.1) is 0 Å². The number of nitrogens with zero attached hydrogens (tertiary/aromatic N) is 3. The van der Waals surface area contributed by atoms with Gasteiger partial charge in [0.2, 0.25) is 0 Å². The van der Waals surface area contributed by atoms with E-state index in [2.05, 4.69) is 41.9 Å². The summed E-state index contributed by atoms with van der Waals surface area (Å²) in [5.41, 5.74) is 0.575. The molecule has 0 saturated heterocycles. The lowest BCUT2D eigenvalue weighted by molar-refractivity contribution is 0.101. The van der Waals surface area contributed by atoms with E-state index in [0.29, 0.717) is 11.4 Å². The van der Waals surface area contributed by atoms with Gasteiger partial charge in [-0.2, -0.15) is 5.21 Å². The summed E-state index contributed by atoms with van der Waals surface area (Å²) in [5, 5.41) is 15.3. The molecule has 0 unspecified atom stereocenters. The second-order valence-corrected chi connectivity index (χ2v) is 3.98. The van der Waals surface area contributed by atoms with Crippen molar-refractivity contribution in [1.82, 2.24) is 20.6 Å². The molecule has 8 heteroatoms. The number of tetrazole rings is 1. The van der Waals surface area contributed by atoms with Crippen LogP contribution in [-0.4, -0.2) is 33.6 Å². The molecule has 2 aromatic rings. The van der Waals surface area contributed by atoms with Crippen LogP contribution in [0.4, 0.5) is 5.69 Å². The Balaban J connectivity index is 2.18. The number of carbonyl (C=O) groups excluding carboxylic acids is 1. The first-order valence-electron chi connectivity index (χ1n) is 4.58. The number of aromatic amines is 1. The quantitative estimate of drug-likeness (QED) is 0.889. The average molecular weight is 298 g/mol. The largest absolute Gasteiger partial charge is 0.497 e. The molecule has 0 fully saturated rings. The Labute approximate surface area is 105 Å². The van der Waals surface area contributed by atoms with Crippen LogP contribution in [0.25, 0.3) is 0 Å². The Morgan fingerprint density at radius 2 is 2.29 bits per heavy atom. The van der Waals surface area contributed by atoms with Crippen LogP contribution in [0.2, 0.25) is 0 Å². The number of ether oxygens (including phenoxy) is 1. The van der Waals surface area contributed by atoms with E-state index >= 15 is 0 Å². The SMILES string of the molecule is COc1cc(Br)cc(NC(=O)c2nn[nH]n2)c1. The van der Waals surface area contributed by atoms with Gasteiger partial charge in [-0.05, 0) is 17.3 Å². The molecule has 0 atom stereocenters. The van der Waals surface area contributed by atoms with Crippen LogP contribution in [0.5, 0.6) is 5.75 Å². The van der Waals surface area contributed by atoms with Gasteiger partial charge < -0.3 is 10.1 Å². The van der Waals surface area contributed by atoms with Crippen LogP contribution < -0.4 is 10.1 Å². The van der Waals surface area contributed by atoms with Gasteiger partial charge in [0.15, 0.2) is 0 Å². The molecule has 0 aliphatic heterocycles. The third-order valence-corrected chi connectivity index (χ3v) is 2.37. The maximum atomic E-state index is 11.6. The zero-order valence-electron chi connectivity index (χ0n) is 8.77. The number of carbonyl (C=O) groups is 1. The molecule has 0 bridgehead atoms. The monoisotopic (exact) mass is 297 g/mol. The van der Waals surface area contributed by atoms with E-state index < -0.39 is 5.91 Å². The van der Waals surface area contributed by atoms with Crippen molar-refractivity contribution >= 4 is 27.5 Å². The molecule has 7 nitrogen and oxygen atoms in total. The van der Waals surface area contributed by atoms with Gasteiger partial charge >= 0.3 is 0 Å². The summed E-state index contributed by atoms with van der Waals surface area (Å²) in [7, 11) is 1.55. The highest BCUT2D eigenvalue weighted by molar-refractivity contribution is 9.10. The van der Waals surface area contributed by atoms with Crippen LogP contribution in [-0.2, 0) is 0 Å². The lowest BCUT2D eigenvalue weighted by Crippen LogP contribution is -2.13. The Morgan fingerprint density at radius 3 is 2.94 bits per heavy atom. The van der Waals surface area contributed by atoms with E-state index in [4.69, 9.17) is 4.74 Å². The third kappa shape index (κ3) is 2.78. The summed E-state index contributed by atoms with van der Waals surface area (Å²) in [4.78, 5) is 11.6. The maximum absolute atomic E-state index is 11.6. The normalized spacial score (nSPS) is 10.0. The molecule has 0 saturated carbocycles. The van der Waals surface area contributed by atoms with Crippen molar-refractivity contribution in [2.75, 3.05) is 12.4 Å². The van der Waals surface area contributed by atoms with Crippen LogP contribution >= 0.6 is 15.9 Å². The number of benzene rings is 1. The summed E-state index contributed by atoms with van der Waals surface area (Å²) in [6.07, 6.45) is 0. The highest BCUT2D eigenvalue weighted by Crippen LogP contribution is 2.24. The number of rotatable bonds is 3. The zero-order valence-corrected chi connectivity index (χ0v) is 10.4. The molecular formula is C9H8BrN5O2. The number of anilines is 1. The first-order chi connectivity index (χ1) is 8.19. The topological polar surface area (TPSA) is 92.8 Å². The number of hydrogen-bond acceptors (Lipinski definition) is 5. The molecule has 1 aromatic carbocycles. The lowest BCUT2D eigenvalue weighted by Gasteiger charge is -2.06. The van der Waals surface area contributed by atoms with Crippen molar-refractivity contribution < 1.29 is 9.53 Å². The van der Waals surface area contributed by atoms with Crippen molar-refractivity contribution in [3.63, 3.8) is 0 Å². The number of methoxy groups -OCH3 is 1. The summed E-state index contributed by atoms with van der Waals surface area (Å²) >= 11 is 3.31. The summed E-state index contributed by atoms with van der Waals surface area (Å²) in [5.74, 6) is 0.158. The van der Waals surface area contributed by atoms with Crippen LogP contribution in [0.3, 0.4) is 0 Å². The molecule has 1 amide bonds. The summed E-state index contributed by atoms with van der Waals surface area (Å²) in [6.45, 7) is 0. The molecule has 17 heavy (non-hydrogen) atoms. The van der Waals surface area contributed by atoms with E-state index in [9.17, 15) is 4.79 Å². The predicted molar refractivity (Wildman–Crippen MR) is 62.8 cm³/mol. The number of aromatic nitrogens is 4. The van der Waals surface area contributed by atoms with Crippen molar-refractivity contribution in [1.29, 1.82) is 0 Å². The number of amides is 1. The summed E-state index contributed by atoms with van der Waals surface area (Å²) < 4.78 is 5.87. The molecule has 1 aromatic heterocycles. The van der Waals surface area contributed by atoms with Gasteiger partial charge in [-0.1, -0.05) is 15.9 Å². The molecule has 0 radical (unpaired) electrons. The second-order valence-electron chi connectivity index (χ2n) is 3.07.